The van der Waals surface area contributed by atoms with Crippen molar-refractivity contribution in [2.24, 2.45) is 0 Å². The van der Waals surface area contributed by atoms with Crippen LogP contribution in [0.4, 0.5) is 15.2 Å². The van der Waals surface area contributed by atoms with Gasteiger partial charge in [-0.25, -0.2) is 17.8 Å². The van der Waals surface area contributed by atoms with Crippen LogP contribution in [0.5, 0.6) is 11.5 Å². The van der Waals surface area contributed by atoms with Crippen molar-refractivity contribution in [3.8, 4) is 22.8 Å². The number of hydrogen-bond donors (Lipinski definition) is 1. The second-order valence-electron chi connectivity index (χ2n) is 5.59. The molecule has 0 amide bonds. The Kier molecular flexibility index (Phi) is 5.66. The van der Waals surface area contributed by atoms with Crippen LogP contribution in [0.25, 0.3) is 11.3 Å². The number of anilines is 1. The highest BCUT2D eigenvalue weighted by Crippen LogP contribution is 2.33. The van der Waals surface area contributed by atoms with Crippen molar-refractivity contribution in [3.63, 3.8) is 0 Å². The minimum atomic E-state index is -4.31. The predicted octanol–water partition coefficient (Wildman–Crippen LogP) is 3.68. The average molecular weight is 439 g/mol. The van der Waals surface area contributed by atoms with Gasteiger partial charge in [-0.1, -0.05) is 12.1 Å². The van der Waals surface area contributed by atoms with Gasteiger partial charge in [-0.2, -0.15) is 0 Å². The van der Waals surface area contributed by atoms with Gasteiger partial charge < -0.3 is 9.47 Å². The molecule has 0 aliphatic carbocycles. The van der Waals surface area contributed by atoms with Gasteiger partial charge >= 0.3 is 0 Å². The number of halogens is 1. The highest BCUT2D eigenvalue weighted by Gasteiger charge is 2.24. The largest absolute Gasteiger partial charge is 0.493 e. The fourth-order valence-electron chi connectivity index (χ4n) is 2.44. The Hall–Kier alpha value is -3.25. The molecule has 0 radical (unpaired) electrons. The Morgan fingerprint density at radius 1 is 1.17 bits per heavy atom. The lowest BCUT2D eigenvalue weighted by Crippen LogP contribution is -2.15. The second kappa shape index (κ2) is 8.01. The topological polar surface area (TPSA) is 121 Å². The molecule has 0 spiro atoms. The van der Waals surface area contributed by atoms with Crippen LogP contribution in [0.2, 0.25) is 0 Å². The monoisotopic (exact) mass is 439 g/mol. The molecule has 12 heteroatoms. The number of hydrogen-bond acceptors (Lipinski definition) is 8. The number of methoxy groups -OCH3 is 2. The lowest BCUT2D eigenvalue weighted by molar-refractivity contribution is -0.384. The van der Waals surface area contributed by atoms with Crippen LogP contribution < -0.4 is 14.2 Å². The standard InChI is InChI=1S/C17H14FN3O6S2/c1-26-14-7-12(18)16(8-15(14)27-2)29(24,25)20-17-19-13(9-28-17)10-4-3-5-11(6-10)21(22)23/h3-9H,1-2H3,(H,19,20). The number of rotatable bonds is 7. The van der Waals surface area contributed by atoms with Gasteiger partial charge in [0.25, 0.3) is 15.7 Å². The van der Waals surface area contributed by atoms with Crippen LogP contribution in [0.15, 0.2) is 46.7 Å². The summed E-state index contributed by atoms with van der Waals surface area (Å²) in [6, 6.07) is 7.67. The van der Waals surface area contributed by atoms with Crippen LogP contribution in [-0.4, -0.2) is 32.5 Å². The Labute approximate surface area is 168 Å². The number of nitro groups is 1. The molecule has 3 rings (SSSR count). The molecule has 1 heterocycles. The molecular formula is C17H14FN3O6S2. The van der Waals surface area contributed by atoms with Gasteiger partial charge in [0.2, 0.25) is 0 Å². The van der Waals surface area contributed by atoms with E-state index in [1.807, 2.05) is 0 Å². The molecule has 1 aromatic heterocycles. The minimum Gasteiger partial charge on any atom is -0.493 e. The maximum absolute atomic E-state index is 14.3. The zero-order chi connectivity index (χ0) is 21.2. The fraction of sp³-hybridized carbons (Fsp3) is 0.118. The highest BCUT2D eigenvalue weighted by molar-refractivity contribution is 7.93. The third-order valence-electron chi connectivity index (χ3n) is 3.81. The molecule has 9 nitrogen and oxygen atoms in total. The van der Waals surface area contributed by atoms with Gasteiger partial charge in [0.05, 0.1) is 24.8 Å². The van der Waals surface area contributed by atoms with Crippen molar-refractivity contribution >= 4 is 32.2 Å². The number of benzene rings is 2. The van der Waals surface area contributed by atoms with Crippen LogP contribution in [-0.2, 0) is 10.0 Å². The molecule has 0 saturated heterocycles. The third kappa shape index (κ3) is 4.27. The number of aromatic nitrogens is 1. The normalized spacial score (nSPS) is 11.1. The molecule has 0 unspecified atom stereocenters. The summed E-state index contributed by atoms with van der Waals surface area (Å²) < 4.78 is 51.7. The quantitative estimate of drug-likeness (QED) is 0.440. The molecule has 0 fully saturated rings. The van der Waals surface area contributed by atoms with Gasteiger partial charge in [0.1, 0.15) is 10.7 Å². The number of ether oxygens (including phenoxy) is 2. The van der Waals surface area contributed by atoms with E-state index in [4.69, 9.17) is 9.47 Å². The highest BCUT2D eigenvalue weighted by atomic mass is 32.2. The van der Waals surface area contributed by atoms with Crippen LogP contribution >= 0.6 is 11.3 Å². The number of non-ortho nitro benzene ring substituents is 1. The van der Waals surface area contributed by atoms with E-state index in [9.17, 15) is 22.9 Å². The van der Waals surface area contributed by atoms with Gasteiger partial charge in [0.15, 0.2) is 16.6 Å². The molecule has 2 aromatic carbocycles. The molecule has 152 valence electrons. The number of nitro benzene ring substituents is 1. The molecule has 0 aliphatic rings. The van der Waals surface area contributed by atoms with E-state index in [-0.39, 0.29) is 22.3 Å². The molecule has 29 heavy (non-hydrogen) atoms. The van der Waals surface area contributed by atoms with Crippen molar-refractivity contribution < 1.29 is 27.2 Å². The predicted molar refractivity (Wildman–Crippen MR) is 105 cm³/mol. The lowest BCUT2D eigenvalue weighted by Gasteiger charge is -2.11. The van der Waals surface area contributed by atoms with E-state index in [2.05, 4.69) is 9.71 Å². The van der Waals surface area contributed by atoms with Gasteiger partial charge in [0, 0.05) is 35.2 Å². The van der Waals surface area contributed by atoms with E-state index in [1.54, 1.807) is 6.07 Å². The molecule has 1 N–H and O–H groups in total. The summed E-state index contributed by atoms with van der Waals surface area (Å²) in [6.45, 7) is 0. The van der Waals surface area contributed by atoms with Crippen molar-refractivity contribution in [2.75, 3.05) is 18.9 Å². The molecule has 3 aromatic rings. The van der Waals surface area contributed by atoms with Gasteiger partial charge in [-0.3, -0.25) is 14.8 Å². The first kappa shape index (κ1) is 20.5. The second-order valence-corrected chi connectivity index (χ2v) is 8.10. The van der Waals surface area contributed by atoms with Crippen LogP contribution in [0, 0.1) is 15.9 Å². The fourth-order valence-corrected chi connectivity index (χ4v) is 4.49. The number of thiazole rings is 1. The Morgan fingerprint density at radius 3 is 2.52 bits per heavy atom. The van der Waals surface area contributed by atoms with Crippen LogP contribution in [0.3, 0.4) is 0 Å². The van der Waals surface area contributed by atoms with E-state index in [0.29, 0.717) is 11.3 Å². The smallest absolute Gasteiger partial charge is 0.270 e. The average Bonchev–Trinajstić information content (AvgIpc) is 3.15. The van der Waals surface area contributed by atoms with E-state index in [1.165, 1.54) is 37.8 Å². The van der Waals surface area contributed by atoms with E-state index in [0.717, 1.165) is 23.5 Å². The number of nitrogens with zero attached hydrogens (tertiary/aromatic N) is 2. The molecule has 0 bridgehead atoms. The molecule has 0 saturated carbocycles. The maximum Gasteiger partial charge on any atom is 0.270 e. The maximum atomic E-state index is 14.3. The first-order valence-corrected chi connectivity index (χ1v) is 10.3. The van der Waals surface area contributed by atoms with Crippen LogP contribution in [0.1, 0.15) is 0 Å². The number of nitrogens with one attached hydrogen (secondary N) is 1. The Bertz CT molecular complexity index is 1180. The first-order chi connectivity index (χ1) is 13.7. The minimum absolute atomic E-state index is 0.0271. The SMILES string of the molecule is COc1cc(F)c(S(=O)(=O)Nc2nc(-c3cccc([N+](=O)[O-])c3)cs2)cc1OC. The van der Waals surface area contributed by atoms with Crippen molar-refractivity contribution in [3.05, 3.63) is 57.7 Å². The molecule has 0 atom stereocenters. The van der Waals surface area contributed by atoms with E-state index < -0.39 is 25.7 Å². The molecular weight excluding hydrogens is 425 g/mol. The molecule has 0 aliphatic heterocycles. The summed E-state index contributed by atoms with van der Waals surface area (Å²) in [5, 5.41) is 12.4. The zero-order valence-corrected chi connectivity index (χ0v) is 16.7. The summed E-state index contributed by atoms with van der Waals surface area (Å²) >= 11 is 0.954. The summed E-state index contributed by atoms with van der Waals surface area (Å²) in [7, 11) is -1.72. The van der Waals surface area contributed by atoms with E-state index >= 15 is 0 Å². The van der Waals surface area contributed by atoms with Gasteiger partial charge in [-0.15, -0.1) is 11.3 Å². The van der Waals surface area contributed by atoms with Crippen molar-refractivity contribution in [1.29, 1.82) is 0 Å². The summed E-state index contributed by atoms with van der Waals surface area (Å²) in [4.78, 5) is 13.9. The van der Waals surface area contributed by atoms with Gasteiger partial charge in [-0.05, 0) is 0 Å². The lowest BCUT2D eigenvalue weighted by atomic mass is 10.1. The Balaban J connectivity index is 1.91. The summed E-state index contributed by atoms with van der Waals surface area (Å²) in [5.41, 5.74) is 0.660. The first-order valence-electron chi connectivity index (χ1n) is 7.90. The third-order valence-corrected chi connectivity index (χ3v) is 6.05. The zero-order valence-electron chi connectivity index (χ0n) is 15.1. The summed E-state index contributed by atoms with van der Waals surface area (Å²) in [5.74, 6) is -0.928. The Morgan fingerprint density at radius 2 is 1.86 bits per heavy atom. The number of sulfonamides is 1. The van der Waals surface area contributed by atoms with Crippen molar-refractivity contribution in [1.82, 2.24) is 4.98 Å². The summed E-state index contributed by atoms with van der Waals surface area (Å²) in [6.07, 6.45) is 0. The van der Waals surface area contributed by atoms with Crippen molar-refractivity contribution in [2.45, 2.75) is 4.90 Å².